The minimum atomic E-state index is 0.221. The Kier molecular flexibility index (Phi) is 3.79. The number of hydrogen-bond acceptors (Lipinski definition) is 3. The van der Waals surface area contributed by atoms with E-state index in [0.29, 0.717) is 6.04 Å². The summed E-state index contributed by atoms with van der Waals surface area (Å²) in [5.74, 6) is 0.855. The Balaban J connectivity index is 2.24. The van der Waals surface area contributed by atoms with Crippen molar-refractivity contribution in [3.63, 3.8) is 0 Å². The van der Waals surface area contributed by atoms with E-state index in [1.165, 1.54) is 6.42 Å². The molecule has 1 saturated carbocycles. The fraction of sp³-hybridized carbons (Fsp3) is 0.538. The number of rotatable bonds is 3. The van der Waals surface area contributed by atoms with E-state index in [9.17, 15) is 0 Å². The molecule has 0 bridgehead atoms. The number of aryl methyl sites for hydroxylation is 1. The highest BCUT2D eigenvalue weighted by atomic mass is 35.5. The van der Waals surface area contributed by atoms with Gasteiger partial charge in [-0.05, 0) is 43.9 Å². The number of ether oxygens (including phenoxy) is 1. The highest BCUT2D eigenvalue weighted by molar-refractivity contribution is 6.31. The molecular formula is C13H19ClN2O. The van der Waals surface area contributed by atoms with Gasteiger partial charge in [0, 0.05) is 17.1 Å². The van der Waals surface area contributed by atoms with E-state index in [1.807, 2.05) is 19.1 Å². The number of hydrogen-bond donors (Lipinski definition) is 2. The predicted octanol–water partition coefficient (Wildman–Crippen LogP) is 2.95. The second kappa shape index (κ2) is 5.15. The van der Waals surface area contributed by atoms with E-state index in [2.05, 4.69) is 5.32 Å². The fourth-order valence-electron chi connectivity index (χ4n) is 2.48. The Labute approximate surface area is 107 Å². The van der Waals surface area contributed by atoms with Gasteiger partial charge in [-0.15, -0.1) is 0 Å². The van der Waals surface area contributed by atoms with Gasteiger partial charge in [0.1, 0.15) is 5.75 Å². The van der Waals surface area contributed by atoms with Crippen LogP contribution in [0.3, 0.4) is 0 Å². The lowest BCUT2D eigenvalue weighted by molar-refractivity contribution is 0.412. The number of benzene rings is 1. The van der Waals surface area contributed by atoms with Gasteiger partial charge in [-0.2, -0.15) is 0 Å². The normalized spacial score (nSPS) is 23.8. The van der Waals surface area contributed by atoms with Crippen molar-refractivity contribution in [2.75, 3.05) is 12.4 Å². The molecule has 1 aliphatic carbocycles. The quantitative estimate of drug-likeness (QED) is 0.872. The highest BCUT2D eigenvalue weighted by Gasteiger charge is 2.24. The van der Waals surface area contributed by atoms with Gasteiger partial charge in [0.15, 0.2) is 0 Å². The molecule has 2 rings (SSSR count). The molecule has 0 heterocycles. The first-order valence-electron chi connectivity index (χ1n) is 5.98. The third kappa shape index (κ3) is 2.67. The second-order valence-corrected chi connectivity index (χ2v) is 5.09. The molecule has 3 nitrogen and oxygen atoms in total. The molecule has 0 amide bonds. The van der Waals surface area contributed by atoms with Crippen molar-refractivity contribution in [2.24, 2.45) is 5.73 Å². The Morgan fingerprint density at radius 1 is 1.41 bits per heavy atom. The maximum absolute atomic E-state index is 6.07. The fourth-order valence-corrected chi connectivity index (χ4v) is 2.75. The molecule has 0 spiro atoms. The standard InChI is InChI=1S/C13H19ClN2O/c1-8-6-9(14)7-12(13(8)17-2)16-11-5-3-4-10(11)15/h6-7,10-11,16H,3-5,15H2,1-2H3. The van der Waals surface area contributed by atoms with Gasteiger partial charge in [0.05, 0.1) is 12.8 Å². The second-order valence-electron chi connectivity index (χ2n) is 4.65. The van der Waals surface area contributed by atoms with Crippen molar-refractivity contribution in [1.29, 1.82) is 0 Å². The van der Waals surface area contributed by atoms with Crippen LogP contribution in [-0.2, 0) is 0 Å². The lowest BCUT2D eigenvalue weighted by atomic mass is 10.1. The summed E-state index contributed by atoms with van der Waals surface area (Å²) in [6.07, 6.45) is 3.37. The summed E-state index contributed by atoms with van der Waals surface area (Å²) in [4.78, 5) is 0. The van der Waals surface area contributed by atoms with Crippen molar-refractivity contribution in [3.8, 4) is 5.75 Å². The number of methoxy groups -OCH3 is 1. The Morgan fingerprint density at radius 3 is 2.76 bits per heavy atom. The van der Waals surface area contributed by atoms with Crippen LogP contribution in [0.1, 0.15) is 24.8 Å². The molecular weight excluding hydrogens is 236 g/mol. The van der Waals surface area contributed by atoms with Crippen LogP contribution in [-0.4, -0.2) is 19.2 Å². The van der Waals surface area contributed by atoms with Gasteiger partial charge >= 0.3 is 0 Å². The lowest BCUT2D eigenvalue weighted by Crippen LogP contribution is -2.35. The Hall–Kier alpha value is -0.930. The average molecular weight is 255 g/mol. The zero-order valence-electron chi connectivity index (χ0n) is 10.3. The monoisotopic (exact) mass is 254 g/mol. The van der Waals surface area contributed by atoms with E-state index in [1.54, 1.807) is 7.11 Å². The molecule has 0 aliphatic heterocycles. The zero-order chi connectivity index (χ0) is 12.4. The summed E-state index contributed by atoms with van der Waals surface area (Å²) < 4.78 is 5.41. The van der Waals surface area contributed by atoms with Crippen LogP contribution in [0.25, 0.3) is 0 Å². The van der Waals surface area contributed by atoms with Gasteiger partial charge in [-0.25, -0.2) is 0 Å². The van der Waals surface area contributed by atoms with Crippen LogP contribution in [0, 0.1) is 6.92 Å². The minimum Gasteiger partial charge on any atom is -0.494 e. The molecule has 0 saturated heterocycles. The van der Waals surface area contributed by atoms with Crippen LogP contribution < -0.4 is 15.8 Å². The van der Waals surface area contributed by atoms with Crippen LogP contribution in [0.5, 0.6) is 5.75 Å². The summed E-state index contributed by atoms with van der Waals surface area (Å²) in [6, 6.07) is 4.35. The largest absolute Gasteiger partial charge is 0.494 e. The molecule has 0 aromatic heterocycles. The van der Waals surface area contributed by atoms with Gasteiger partial charge in [0.25, 0.3) is 0 Å². The molecule has 1 aromatic carbocycles. The molecule has 1 aliphatic rings. The molecule has 4 heteroatoms. The topological polar surface area (TPSA) is 47.3 Å². The van der Waals surface area contributed by atoms with E-state index >= 15 is 0 Å². The van der Waals surface area contributed by atoms with Crippen molar-refractivity contribution in [1.82, 2.24) is 0 Å². The van der Waals surface area contributed by atoms with Crippen molar-refractivity contribution >= 4 is 17.3 Å². The zero-order valence-corrected chi connectivity index (χ0v) is 11.1. The first-order chi connectivity index (χ1) is 8.11. The molecule has 0 radical (unpaired) electrons. The third-order valence-electron chi connectivity index (χ3n) is 3.35. The molecule has 2 atom stereocenters. The van der Waals surface area contributed by atoms with Gasteiger partial charge in [-0.3, -0.25) is 0 Å². The third-order valence-corrected chi connectivity index (χ3v) is 3.57. The number of halogens is 1. The molecule has 94 valence electrons. The predicted molar refractivity (Wildman–Crippen MR) is 72.0 cm³/mol. The van der Waals surface area contributed by atoms with Gasteiger partial charge < -0.3 is 15.8 Å². The van der Waals surface area contributed by atoms with E-state index in [-0.39, 0.29) is 6.04 Å². The Morgan fingerprint density at radius 2 is 2.18 bits per heavy atom. The van der Waals surface area contributed by atoms with E-state index in [4.69, 9.17) is 22.1 Å². The van der Waals surface area contributed by atoms with E-state index in [0.717, 1.165) is 34.9 Å². The van der Waals surface area contributed by atoms with Crippen molar-refractivity contribution < 1.29 is 4.74 Å². The first-order valence-corrected chi connectivity index (χ1v) is 6.36. The summed E-state index contributed by atoms with van der Waals surface area (Å²) in [5.41, 5.74) is 8.04. The SMILES string of the molecule is COc1c(C)cc(Cl)cc1NC1CCCC1N. The molecule has 3 N–H and O–H groups in total. The Bertz CT molecular complexity index is 409. The van der Waals surface area contributed by atoms with Crippen molar-refractivity contribution in [2.45, 2.75) is 38.3 Å². The maximum atomic E-state index is 6.07. The molecule has 2 unspecified atom stereocenters. The minimum absolute atomic E-state index is 0.221. The van der Waals surface area contributed by atoms with Crippen LogP contribution in [0.2, 0.25) is 5.02 Å². The van der Waals surface area contributed by atoms with Crippen LogP contribution in [0.4, 0.5) is 5.69 Å². The number of nitrogens with two attached hydrogens (primary N) is 1. The summed E-state index contributed by atoms with van der Waals surface area (Å²) in [5, 5.41) is 4.18. The lowest BCUT2D eigenvalue weighted by Gasteiger charge is -2.21. The van der Waals surface area contributed by atoms with Crippen molar-refractivity contribution in [3.05, 3.63) is 22.7 Å². The van der Waals surface area contributed by atoms with E-state index < -0.39 is 0 Å². The van der Waals surface area contributed by atoms with Gasteiger partial charge in [0.2, 0.25) is 0 Å². The summed E-state index contributed by atoms with van der Waals surface area (Å²) in [7, 11) is 1.68. The number of nitrogens with one attached hydrogen (secondary N) is 1. The smallest absolute Gasteiger partial charge is 0.144 e. The maximum Gasteiger partial charge on any atom is 0.144 e. The molecule has 1 fully saturated rings. The summed E-state index contributed by atoms with van der Waals surface area (Å²) >= 11 is 6.07. The van der Waals surface area contributed by atoms with Gasteiger partial charge in [-0.1, -0.05) is 11.6 Å². The summed E-state index contributed by atoms with van der Waals surface area (Å²) in [6.45, 7) is 1.99. The van der Waals surface area contributed by atoms with Crippen LogP contribution in [0.15, 0.2) is 12.1 Å². The molecule has 17 heavy (non-hydrogen) atoms. The van der Waals surface area contributed by atoms with Crippen LogP contribution >= 0.6 is 11.6 Å². The number of anilines is 1. The first kappa shape index (κ1) is 12.5. The molecule has 1 aromatic rings. The average Bonchev–Trinajstić information content (AvgIpc) is 2.64. The highest BCUT2D eigenvalue weighted by Crippen LogP contribution is 2.34.